The van der Waals surface area contributed by atoms with Crippen LogP contribution in [0.15, 0.2) is 64.2 Å². The highest BCUT2D eigenvalue weighted by Gasteiger charge is 2.22. The zero-order valence-electron chi connectivity index (χ0n) is 26.5. The van der Waals surface area contributed by atoms with Crippen LogP contribution in [0.2, 0.25) is 0 Å². The molecule has 0 aliphatic carbocycles. The fourth-order valence-corrected chi connectivity index (χ4v) is 3.84. The van der Waals surface area contributed by atoms with Gasteiger partial charge >= 0.3 is 0 Å². The molecule has 1 aromatic carbocycles. The number of anilines is 1. The molecule has 0 heterocycles. The van der Waals surface area contributed by atoms with Crippen LogP contribution in [0.5, 0.6) is 0 Å². The highest BCUT2D eigenvalue weighted by Crippen LogP contribution is 2.19. The molecule has 0 aliphatic heterocycles. The Kier molecular flexibility index (Phi) is 22.6. The summed E-state index contributed by atoms with van der Waals surface area (Å²) in [4.78, 5) is 22.6. The molecule has 0 bridgehead atoms. The monoisotopic (exact) mass is 579 g/mol. The zero-order valence-corrected chi connectivity index (χ0v) is 27.3. The van der Waals surface area contributed by atoms with Gasteiger partial charge in [0.1, 0.15) is 5.76 Å². The Morgan fingerprint density at radius 3 is 2.08 bits per heavy atom. The number of ether oxygens (including phenoxy) is 1. The number of methoxy groups -OCH3 is 1. The summed E-state index contributed by atoms with van der Waals surface area (Å²) in [5, 5.41) is 16.1. The molecule has 1 unspecified atom stereocenters. The van der Waals surface area contributed by atoms with Crippen LogP contribution in [0.1, 0.15) is 54.4 Å². The van der Waals surface area contributed by atoms with Gasteiger partial charge in [0.2, 0.25) is 5.91 Å². The minimum Gasteiger partial charge on any atom is -0.501 e. The second kappa shape index (κ2) is 22.9. The number of aldehydes is 1. The van der Waals surface area contributed by atoms with E-state index in [2.05, 4.69) is 47.4 Å². The fourth-order valence-electron chi connectivity index (χ4n) is 3.72. The number of nitrogens with one attached hydrogen (secondary N) is 5. The highest BCUT2D eigenvalue weighted by atomic mass is 35.5. The maximum Gasteiger partial charge on any atom is 0.224 e. The van der Waals surface area contributed by atoms with Gasteiger partial charge in [0.25, 0.3) is 0 Å². The van der Waals surface area contributed by atoms with E-state index in [1.807, 2.05) is 72.4 Å². The summed E-state index contributed by atoms with van der Waals surface area (Å²) in [5.41, 5.74) is 3.58. The molecule has 0 aromatic heterocycles. The third kappa shape index (κ3) is 18.5. The van der Waals surface area contributed by atoms with E-state index in [-0.39, 0.29) is 11.3 Å². The first-order chi connectivity index (χ1) is 18.9. The van der Waals surface area contributed by atoms with Gasteiger partial charge < -0.3 is 31.3 Å². The van der Waals surface area contributed by atoms with E-state index in [1.165, 1.54) is 7.11 Å². The number of para-hydroxylation sites is 1. The van der Waals surface area contributed by atoms with Crippen molar-refractivity contribution in [1.29, 1.82) is 0 Å². The number of carbonyl (C=O) groups is 2. The third-order valence-corrected chi connectivity index (χ3v) is 6.23. The van der Waals surface area contributed by atoms with Crippen molar-refractivity contribution in [3.05, 3.63) is 64.2 Å². The van der Waals surface area contributed by atoms with Gasteiger partial charge in [-0.3, -0.25) is 9.59 Å². The summed E-state index contributed by atoms with van der Waals surface area (Å²) < 4.78 is 4.89. The van der Waals surface area contributed by atoms with E-state index in [4.69, 9.17) is 16.3 Å². The molecule has 0 fully saturated rings. The standard InChI is InChI=1S/C15H32N4O.C9H13ClO2.C7H9N/c1-11(9-16-5)14(18-7)12(2)19-13(20)8-15(3,4)10-17-6;1-4-9(10)5-8(6-11)7(2)12-3;1-8-7-5-3-2-4-6-7/h11,16-18H,8-10H2,1-7H3,(H,19,20);5-6H,4H2,1-3H3;2-6,8H,1H3/b14-12+;8-7-,9-5+;. The van der Waals surface area contributed by atoms with E-state index < -0.39 is 0 Å². The number of amides is 1. The molecule has 5 N–H and O–H groups in total. The van der Waals surface area contributed by atoms with E-state index >= 15 is 0 Å². The van der Waals surface area contributed by atoms with Crippen molar-refractivity contribution in [2.24, 2.45) is 11.3 Å². The van der Waals surface area contributed by atoms with Crippen molar-refractivity contribution in [2.45, 2.75) is 54.4 Å². The highest BCUT2D eigenvalue weighted by molar-refractivity contribution is 6.29. The van der Waals surface area contributed by atoms with Gasteiger partial charge in [-0.25, -0.2) is 0 Å². The number of allylic oxidation sites excluding steroid dienone is 5. The summed E-state index contributed by atoms with van der Waals surface area (Å²) >= 11 is 5.75. The normalized spacial score (nSPS) is 13.2. The predicted octanol–water partition coefficient (Wildman–Crippen LogP) is 5.41. The molecule has 8 nitrogen and oxygen atoms in total. The number of halogens is 1. The van der Waals surface area contributed by atoms with Crippen molar-refractivity contribution in [3.8, 4) is 0 Å². The topological polar surface area (TPSA) is 104 Å². The third-order valence-electron chi connectivity index (χ3n) is 5.85. The molecule has 0 spiro atoms. The molecule has 40 heavy (non-hydrogen) atoms. The Bertz CT molecular complexity index is 944. The fraction of sp³-hybridized carbons (Fsp3) is 0.548. The number of hydrogen-bond donors (Lipinski definition) is 5. The van der Waals surface area contributed by atoms with Gasteiger partial charge in [-0.2, -0.15) is 0 Å². The first kappa shape index (κ1) is 39.3. The summed E-state index contributed by atoms with van der Waals surface area (Å²) in [6.07, 6.45) is 3.57. The molecule has 1 amide bonds. The zero-order chi connectivity index (χ0) is 31.1. The van der Waals surface area contributed by atoms with Crippen LogP contribution in [0.25, 0.3) is 0 Å². The molecule has 0 saturated heterocycles. The molecule has 228 valence electrons. The maximum absolute atomic E-state index is 12.1. The minimum atomic E-state index is -0.0461. The molecule has 0 aliphatic rings. The van der Waals surface area contributed by atoms with Crippen LogP contribution >= 0.6 is 11.6 Å². The lowest BCUT2D eigenvalue weighted by Gasteiger charge is -2.24. The van der Waals surface area contributed by atoms with Gasteiger partial charge in [-0.05, 0) is 58.0 Å². The number of rotatable bonds is 14. The average Bonchev–Trinajstić information content (AvgIpc) is 2.92. The van der Waals surface area contributed by atoms with Gasteiger partial charge in [-0.15, -0.1) is 0 Å². The van der Waals surface area contributed by atoms with Crippen molar-refractivity contribution < 1.29 is 14.3 Å². The van der Waals surface area contributed by atoms with Gasteiger partial charge in [0.15, 0.2) is 6.29 Å². The number of carbonyl (C=O) groups excluding carboxylic acids is 2. The van der Waals surface area contributed by atoms with Crippen molar-refractivity contribution >= 4 is 29.5 Å². The Labute approximate surface area is 248 Å². The number of benzene rings is 1. The predicted molar refractivity (Wildman–Crippen MR) is 171 cm³/mol. The Morgan fingerprint density at radius 1 is 1.07 bits per heavy atom. The average molecular weight is 580 g/mol. The van der Waals surface area contributed by atoms with E-state index in [1.54, 1.807) is 13.0 Å². The summed E-state index contributed by atoms with van der Waals surface area (Å²) in [7, 11) is 9.16. The van der Waals surface area contributed by atoms with Gasteiger partial charge in [0.05, 0.1) is 12.7 Å². The molecule has 0 radical (unpaired) electrons. The van der Waals surface area contributed by atoms with Crippen LogP contribution in [0.3, 0.4) is 0 Å². The van der Waals surface area contributed by atoms with E-state index in [9.17, 15) is 9.59 Å². The molecule has 0 saturated carbocycles. The Balaban J connectivity index is 0. The molecule has 1 aromatic rings. The van der Waals surface area contributed by atoms with E-state index in [0.29, 0.717) is 28.7 Å². The van der Waals surface area contributed by atoms with Crippen molar-refractivity contribution in [1.82, 2.24) is 21.3 Å². The molecular weight excluding hydrogens is 526 g/mol. The van der Waals surface area contributed by atoms with Crippen LogP contribution < -0.4 is 26.6 Å². The summed E-state index contributed by atoms with van der Waals surface area (Å²) in [5.74, 6) is 0.972. The first-order valence-corrected chi connectivity index (χ1v) is 14.0. The Hall–Kier alpha value is -2.81. The minimum absolute atomic E-state index is 0.0461. The first-order valence-electron chi connectivity index (χ1n) is 13.6. The van der Waals surface area contributed by atoms with Gasteiger partial charge in [-0.1, -0.05) is 57.5 Å². The van der Waals surface area contributed by atoms with E-state index in [0.717, 1.165) is 42.9 Å². The van der Waals surface area contributed by atoms with Crippen molar-refractivity contribution in [3.63, 3.8) is 0 Å². The van der Waals surface area contributed by atoms with Crippen LogP contribution in [-0.4, -0.2) is 60.6 Å². The Morgan fingerprint density at radius 2 is 1.68 bits per heavy atom. The summed E-state index contributed by atoms with van der Waals surface area (Å²) in [6.45, 7) is 13.6. The lowest BCUT2D eigenvalue weighted by atomic mass is 9.89. The van der Waals surface area contributed by atoms with Crippen LogP contribution in [-0.2, 0) is 14.3 Å². The maximum atomic E-state index is 12.1. The second-order valence-electron chi connectivity index (χ2n) is 10.1. The lowest BCUT2D eigenvalue weighted by Crippen LogP contribution is -2.35. The van der Waals surface area contributed by atoms with Crippen molar-refractivity contribution in [2.75, 3.05) is 53.7 Å². The lowest BCUT2D eigenvalue weighted by molar-refractivity contribution is -0.122. The SMILES string of the molecule is CC/C(Cl)=C\C(C=O)=C(/C)OC.CNCC(C)/C(NC)=C(/C)NC(=O)CC(C)(C)CNC.CNc1ccccc1. The van der Waals surface area contributed by atoms with Crippen LogP contribution in [0.4, 0.5) is 5.69 Å². The smallest absolute Gasteiger partial charge is 0.224 e. The molecule has 1 atom stereocenters. The molecule has 1 rings (SSSR count). The van der Waals surface area contributed by atoms with Gasteiger partial charge in [0, 0.05) is 61.6 Å². The quantitative estimate of drug-likeness (QED) is 0.0868. The largest absolute Gasteiger partial charge is 0.501 e. The second-order valence-corrected chi connectivity index (χ2v) is 10.5. The van der Waals surface area contributed by atoms with Crippen LogP contribution in [0, 0.1) is 11.3 Å². The number of hydrogen-bond acceptors (Lipinski definition) is 7. The molecular formula is C31H54ClN5O3. The molecule has 9 heteroatoms. The summed E-state index contributed by atoms with van der Waals surface area (Å²) in [6, 6.07) is 10.1.